The van der Waals surface area contributed by atoms with Gasteiger partial charge in [0.1, 0.15) is 5.69 Å². The van der Waals surface area contributed by atoms with Crippen molar-refractivity contribution < 1.29 is 4.57 Å². The van der Waals surface area contributed by atoms with Gasteiger partial charge in [0, 0.05) is 13.1 Å². The predicted molar refractivity (Wildman–Crippen MR) is 107 cm³/mol. The molecule has 1 aromatic carbocycles. The van der Waals surface area contributed by atoms with Gasteiger partial charge in [-0.1, -0.05) is 50.8 Å². The van der Waals surface area contributed by atoms with Gasteiger partial charge in [-0.05, 0) is 32.4 Å². The Labute approximate surface area is 152 Å². The van der Waals surface area contributed by atoms with Crippen LogP contribution < -0.4 is 14.8 Å². The van der Waals surface area contributed by atoms with Gasteiger partial charge in [-0.3, -0.25) is 10.2 Å². The van der Waals surface area contributed by atoms with Gasteiger partial charge in [0.25, 0.3) is 0 Å². The van der Waals surface area contributed by atoms with Crippen LogP contribution in [0.3, 0.4) is 0 Å². The number of benzene rings is 1. The molecule has 0 atom stereocenters. The Morgan fingerprint density at radius 1 is 1.04 bits per heavy atom. The van der Waals surface area contributed by atoms with Gasteiger partial charge in [0.2, 0.25) is 5.82 Å². The van der Waals surface area contributed by atoms with Crippen LogP contribution in [0.4, 0.5) is 17.5 Å². The summed E-state index contributed by atoms with van der Waals surface area (Å²) in [6.45, 7) is 8.44. The standard InChI is InChI=1S/C21H32N4/c1-5-7-8-9-13-16-25-20(17-18(3)23-21(25)22-4)24(6-2)19-14-11-10-12-15-19/h10-12,14-15,17H,5-9,13,16H2,1-4H3/p+1. The van der Waals surface area contributed by atoms with Crippen molar-refractivity contribution >= 4 is 17.5 Å². The highest BCUT2D eigenvalue weighted by atomic mass is 15.3. The largest absolute Gasteiger partial charge is 0.347 e. The highest BCUT2D eigenvalue weighted by Gasteiger charge is 2.21. The smallest absolute Gasteiger partial charge is 0.297 e. The molecule has 1 aromatic heterocycles. The average Bonchev–Trinajstić information content (AvgIpc) is 2.64. The number of aryl methyl sites for hydroxylation is 1. The molecule has 4 heteroatoms. The fourth-order valence-corrected chi connectivity index (χ4v) is 3.23. The second-order valence-electron chi connectivity index (χ2n) is 6.47. The minimum Gasteiger partial charge on any atom is -0.297 e. The van der Waals surface area contributed by atoms with Crippen molar-refractivity contribution in [2.24, 2.45) is 0 Å². The Morgan fingerprint density at radius 2 is 1.76 bits per heavy atom. The fraction of sp³-hybridized carbons (Fsp3) is 0.524. The molecular formula is C21H33N4+. The number of nitrogens with one attached hydrogen (secondary N) is 1. The molecule has 0 saturated carbocycles. The highest BCUT2D eigenvalue weighted by Crippen LogP contribution is 2.23. The molecule has 0 spiro atoms. The highest BCUT2D eigenvalue weighted by molar-refractivity contribution is 5.58. The first-order valence-corrected chi connectivity index (χ1v) is 9.63. The van der Waals surface area contributed by atoms with Gasteiger partial charge in [0.05, 0.1) is 18.8 Å². The van der Waals surface area contributed by atoms with E-state index in [1.807, 2.05) is 7.05 Å². The third kappa shape index (κ3) is 5.18. The Hall–Kier alpha value is -2.10. The predicted octanol–water partition coefficient (Wildman–Crippen LogP) is 4.85. The molecule has 0 aliphatic heterocycles. The van der Waals surface area contributed by atoms with Gasteiger partial charge < -0.3 is 0 Å². The number of hydrogen-bond acceptors (Lipinski definition) is 3. The van der Waals surface area contributed by atoms with Crippen LogP contribution in [-0.4, -0.2) is 18.6 Å². The maximum Gasteiger partial charge on any atom is 0.347 e. The van der Waals surface area contributed by atoms with Crippen molar-refractivity contribution in [1.82, 2.24) is 4.98 Å². The van der Waals surface area contributed by atoms with Crippen LogP contribution >= 0.6 is 0 Å². The molecular weight excluding hydrogens is 308 g/mol. The van der Waals surface area contributed by atoms with E-state index in [4.69, 9.17) is 4.98 Å². The quantitative estimate of drug-likeness (QED) is 0.495. The number of rotatable bonds is 10. The lowest BCUT2D eigenvalue weighted by atomic mass is 10.1. The molecule has 0 aliphatic carbocycles. The van der Waals surface area contributed by atoms with Gasteiger partial charge in [-0.25, -0.2) is 4.57 Å². The molecule has 0 aliphatic rings. The summed E-state index contributed by atoms with van der Waals surface area (Å²) < 4.78 is 2.33. The summed E-state index contributed by atoms with van der Waals surface area (Å²) in [5.41, 5.74) is 2.26. The van der Waals surface area contributed by atoms with E-state index in [1.165, 1.54) is 43.6 Å². The summed E-state index contributed by atoms with van der Waals surface area (Å²) in [6.07, 6.45) is 6.38. The Bertz CT molecular complexity index is 640. The van der Waals surface area contributed by atoms with E-state index in [2.05, 4.69) is 72.0 Å². The minimum atomic E-state index is 0.923. The Morgan fingerprint density at radius 3 is 2.40 bits per heavy atom. The van der Waals surface area contributed by atoms with E-state index in [9.17, 15) is 0 Å². The third-order valence-electron chi connectivity index (χ3n) is 4.52. The zero-order valence-corrected chi connectivity index (χ0v) is 16.3. The topological polar surface area (TPSA) is 32.0 Å². The van der Waals surface area contributed by atoms with Crippen molar-refractivity contribution in [1.29, 1.82) is 0 Å². The van der Waals surface area contributed by atoms with Crippen LogP contribution in [0.15, 0.2) is 36.4 Å². The number of anilines is 3. The zero-order chi connectivity index (χ0) is 18.1. The molecule has 0 amide bonds. The lowest BCUT2D eigenvalue weighted by Crippen LogP contribution is -2.44. The second-order valence-corrected chi connectivity index (χ2v) is 6.47. The van der Waals surface area contributed by atoms with Crippen LogP contribution in [-0.2, 0) is 6.54 Å². The number of nitrogens with zero attached hydrogens (tertiary/aromatic N) is 3. The van der Waals surface area contributed by atoms with Crippen molar-refractivity contribution in [2.75, 3.05) is 23.8 Å². The molecule has 25 heavy (non-hydrogen) atoms. The van der Waals surface area contributed by atoms with Crippen molar-refractivity contribution in [3.05, 3.63) is 42.1 Å². The maximum atomic E-state index is 4.70. The molecule has 2 rings (SSSR count). The molecule has 2 aromatic rings. The summed E-state index contributed by atoms with van der Waals surface area (Å²) in [6, 6.07) is 12.8. The summed E-state index contributed by atoms with van der Waals surface area (Å²) in [4.78, 5) is 7.07. The van der Waals surface area contributed by atoms with Gasteiger partial charge in [-0.15, -0.1) is 4.98 Å². The number of para-hydroxylation sites is 1. The SMILES string of the molecule is CCCCCCC[n+]1c(N(CC)c2ccccc2)cc(C)nc1NC. The molecule has 0 unspecified atom stereocenters. The number of unbranched alkanes of at least 4 members (excludes halogenated alkanes) is 4. The lowest BCUT2D eigenvalue weighted by Gasteiger charge is -2.23. The minimum absolute atomic E-state index is 0.923. The number of hydrogen-bond donors (Lipinski definition) is 1. The first kappa shape index (κ1) is 19.2. The normalized spacial score (nSPS) is 10.7. The lowest BCUT2D eigenvalue weighted by molar-refractivity contribution is -0.673. The molecule has 4 nitrogen and oxygen atoms in total. The van der Waals surface area contributed by atoms with Crippen molar-refractivity contribution in [3.63, 3.8) is 0 Å². The Balaban J connectivity index is 2.32. The average molecular weight is 342 g/mol. The first-order valence-electron chi connectivity index (χ1n) is 9.63. The van der Waals surface area contributed by atoms with E-state index in [-0.39, 0.29) is 0 Å². The first-order chi connectivity index (χ1) is 12.2. The molecule has 0 saturated heterocycles. The second kappa shape index (κ2) is 10.0. The van der Waals surface area contributed by atoms with Crippen molar-refractivity contribution in [2.45, 2.75) is 59.4 Å². The molecule has 0 bridgehead atoms. The van der Waals surface area contributed by atoms with Crippen molar-refractivity contribution in [3.8, 4) is 0 Å². The summed E-state index contributed by atoms with van der Waals surface area (Å²) >= 11 is 0. The summed E-state index contributed by atoms with van der Waals surface area (Å²) in [7, 11) is 1.96. The molecule has 1 N–H and O–H groups in total. The van der Waals surface area contributed by atoms with Gasteiger partial charge in [-0.2, -0.15) is 0 Å². The van der Waals surface area contributed by atoms with Gasteiger partial charge >= 0.3 is 5.95 Å². The molecule has 136 valence electrons. The van der Waals surface area contributed by atoms with Crippen LogP contribution in [0.5, 0.6) is 0 Å². The van der Waals surface area contributed by atoms with Crippen LogP contribution in [0, 0.1) is 6.92 Å². The molecule has 1 heterocycles. The summed E-state index contributed by atoms with van der Waals surface area (Å²) in [5, 5.41) is 3.28. The number of aromatic nitrogens is 2. The third-order valence-corrected chi connectivity index (χ3v) is 4.52. The molecule has 0 radical (unpaired) electrons. The summed E-state index contributed by atoms with van der Waals surface area (Å²) in [5.74, 6) is 2.15. The van der Waals surface area contributed by atoms with Crippen LogP contribution in [0.2, 0.25) is 0 Å². The van der Waals surface area contributed by atoms with E-state index in [1.54, 1.807) is 0 Å². The van der Waals surface area contributed by atoms with E-state index in [0.29, 0.717) is 0 Å². The van der Waals surface area contributed by atoms with E-state index >= 15 is 0 Å². The van der Waals surface area contributed by atoms with E-state index < -0.39 is 0 Å². The van der Waals surface area contributed by atoms with Gasteiger partial charge in [0.15, 0.2) is 0 Å². The molecule has 0 fully saturated rings. The maximum absolute atomic E-state index is 4.70. The monoisotopic (exact) mass is 341 g/mol. The zero-order valence-electron chi connectivity index (χ0n) is 16.3. The Kier molecular flexibility index (Phi) is 7.71. The van der Waals surface area contributed by atoms with E-state index in [0.717, 1.165) is 24.7 Å². The van der Waals surface area contributed by atoms with Crippen LogP contribution in [0.25, 0.3) is 0 Å². The fourth-order valence-electron chi connectivity index (χ4n) is 3.23. The van der Waals surface area contributed by atoms with Crippen LogP contribution in [0.1, 0.15) is 51.6 Å².